The maximum Gasteiger partial charge on any atom is 0.274 e. The van der Waals surface area contributed by atoms with E-state index in [0.717, 1.165) is 37.0 Å². The van der Waals surface area contributed by atoms with Gasteiger partial charge in [-0.1, -0.05) is 18.6 Å². The minimum absolute atomic E-state index is 0.00865. The molecule has 0 spiro atoms. The summed E-state index contributed by atoms with van der Waals surface area (Å²) in [6.07, 6.45) is 7.82. The number of carbonyl (C=O) groups excluding carboxylic acids is 1. The van der Waals surface area contributed by atoms with Crippen molar-refractivity contribution < 1.29 is 27.8 Å². The summed E-state index contributed by atoms with van der Waals surface area (Å²) in [5, 5.41) is 2.85. The van der Waals surface area contributed by atoms with Crippen molar-refractivity contribution in [1.29, 1.82) is 0 Å². The van der Waals surface area contributed by atoms with Crippen LogP contribution in [-0.4, -0.2) is 49.4 Å². The number of hydrogen-bond acceptors (Lipinski definition) is 7. The Balaban J connectivity index is 1.62. The van der Waals surface area contributed by atoms with Crippen molar-refractivity contribution in [2.75, 3.05) is 32.8 Å². The Morgan fingerprint density at radius 1 is 1.15 bits per heavy atom. The van der Waals surface area contributed by atoms with Gasteiger partial charge in [0, 0.05) is 31.5 Å². The standard InChI is InChI=1S/C29H32F2N4O4/c1-4-17-11-18(13-19(32)12-17)21-7-8-33-16-25(21)35-29(36)24-6-5-22(30)28(34-24)27-23(31)14-20(15-26(27)38-3)39-10-9-37-2/h5-8,12,14-16,18-19H,4,9-11,13,32H2,1-3H3,(H,35,36)/t18-,19+/m1/s1. The molecule has 10 heteroatoms. The first-order valence-corrected chi connectivity index (χ1v) is 12.7. The van der Waals surface area contributed by atoms with Crippen LogP contribution < -0.4 is 20.5 Å². The summed E-state index contributed by atoms with van der Waals surface area (Å²) in [6, 6.07) is 6.64. The Hall–Kier alpha value is -3.89. The highest BCUT2D eigenvalue weighted by atomic mass is 19.1. The zero-order valence-electron chi connectivity index (χ0n) is 22.2. The van der Waals surface area contributed by atoms with Gasteiger partial charge in [0.05, 0.1) is 31.2 Å². The molecule has 0 fully saturated rings. The van der Waals surface area contributed by atoms with Crippen LogP contribution in [0, 0.1) is 11.6 Å². The third-order valence-corrected chi connectivity index (χ3v) is 6.63. The highest BCUT2D eigenvalue weighted by Gasteiger charge is 2.25. The summed E-state index contributed by atoms with van der Waals surface area (Å²) in [4.78, 5) is 21.6. The Labute approximate surface area is 226 Å². The predicted molar refractivity (Wildman–Crippen MR) is 144 cm³/mol. The fourth-order valence-corrected chi connectivity index (χ4v) is 4.74. The van der Waals surface area contributed by atoms with Gasteiger partial charge in [0.15, 0.2) is 0 Å². The van der Waals surface area contributed by atoms with Crippen LogP contribution in [0.5, 0.6) is 11.5 Å². The number of methoxy groups -OCH3 is 2. The smallest absolute Gasteiger partial charge is 0.274 e. The van der Waals surface area contributed by atoms with Crippen molar-refractivity contribution in [3.05, 3.63) is 77.3 Å². The average molecular weight is 539 g/mol. The summed E-state index contributed by atoms with van der Waals surface area (Å²) in [7, 11) is 2.84. The second kappa shape index (κ2) is 12.8. The van der Waals surface area contributed by atoms with E-state index in [1.165, 1.54) is 31.9 Å². The number of anilines is 1. The summed E-state index contributed by atoms with van der Waals surface area (Å²) >= 11 is 0. The number of amides is 1. The highest BCUT2D eigenvalue weighted by Crippen LogP contribution is 2.38. The van der Waals surface area contributed by atoms with Crippen LogP contribution in [0.3, 0.4) is 0 Å². The Kier molecular flexibility index (Phi) is 9.21. The zero-order valence-corrected chi connectivity index (χ0v) is 22.2. The number of allylic oxidation sites excluding steroid dienone is 1. The van der Waals surface area contributed by atoms with Crippen LogP contribution >= 0.6 is 0 Å². The molecule has 0 unspecified atom stereocenters. The number of pyridine rings is 2. The fourth-order valence-electron chi connectivity index (χ4n) is 4.74. The Morgan fingerprint density at radius 3 is 2.72 bits per heavy atom. The lowest BCUT2D eigenvalue weighted by molar-refractivity contribution is 0.102. The van der Waals surface area contributed by atoms with Gasteiger partial charge in [0.1, 0.15) is 41.1 Å². The van der Waals surface area contributed by atoms with E-state index in [4.69, 9.17) is 19.9 Å². The first kappa shape index (κ1) is 28.1. The van der Waals surface area contributed by atoms with Crippen LogP contribution in [0.15, 0.2) is 54.4 Å². The van der Waals surface area contributed by atoms with Gasteiger partial charge < -0.3 is 25.3 Å². The molecule has 0 radical (unpaired) electrons. The molecule has 2 heterocycles. The molecule has 4 rings (SSSR count). The SMILES string of the molecule is CCC1=C[C@H](N)C[C@H](c2ccncc2NC(=O)c2ccc(F)c(-c3c(F)cc(OCCOC)cc3OC)n2)C1. The van der Waals surface area contributed by atoms with Crippen molar-refractivity contribution in [2.45, 2.75) is 38.1 Å². The van der Waals surface area contributed by atoms with Crippen LogP contribution in [0.4, 0.5) is 14.5 Å². The number of carbonyl (C=O) groups is 1. The Morgan fingerprint density at radius 2 is 1.97 bits per heavy atom. The number of benzene rings is 1. The van der Waals surface area contributed by atoms with E-state index in [9.17, 15) is 9.18 Å². The molecule has 2 atom stereocenters. The van der Waals surface area contributed by atoms with Crippen molar-refractivity contribution in [3.8, 4) is 22.8 Å². The number of nitrogens with two attached hydrogens (primary N) is 1. The lowest BCUT2D eigenvalue weighted by Crippen LogP contribution is -2.26. The van der Waals surface area contributed by atoms with E-state index < -0.39 is 17.5 Å². The van der Waals surface area contributed by atoms with Crippen molar-refractivity contribution in [2.24, 2.45) is 5.73 Å². The quantitative estimate of drug-likeness (QED) is 0.268. The molecule has 206 valence electrons. The van der Waals surface area contributed by atoms with Gasteiger partial charge in [-0.15, -0.1) is 0 Å². The van der Waals surface area contributed by atoms with Crippen LogP contribution in [-0.2, 0) is 4.74 Å². The number of nitrogens with zero attached hydrogens (tertiary/aromatic N) is 2. The minimum Gasteiger partial charge on any atom is -0.496 e. The second-order valence-corrected chi connectivity index (χ2v) is 9.25. The lowest BCUT2D eigenvalue weighted by Gasteiger charge is -2.28. The van der Waals surface area contributed by atoms with E-state index in [-0.39, 0.29) is 47.0 Å². The topological polar surface area (TPSA) is 109 Å². The summed E-state index contributed by atoms with van der Waals surface area (Å²) in [5.74, 6) is -1.90. The van der Waals surface area contributed by atoms with E-state index in [1.807, 2.05) is 6.07 Å². The molecule has 1 aliphatic carbocycles. The van der Waals surface area contributed by atoms with Crippen LogP contribution in [0.25, 0.3) is 11.3 Å². The summed E-state index contributed by atoms with van der Waals surface area (Å²) in [6.45, 7) is 2.59. The highest BCUT2D eigenvalue weighted by molar-refractivity contribution is 6.03. The number of rotatable bonds is 10. The number of hydrogen-bond donors (Lipinski definition) is 2. The van der Waals surface area contributed by atoms with Gasteiger partial charge in [0.2, 0.25) is 0 Å². The number of halogens is 2. The van der Waals surface area contributed by atoms with Gasteiger partial charge in [-0.3, -0.25) is 9.78 Å². The minimum atomic E-state index is -0.811. The van der Waals surface area contributed by atoms with E-state index in [2.05, 4.69) is 28.3 Å². The number of aromatic nitrogens is 2. The molecule has 2 aromatic heterocycles. The first-order valence-electron chi connectivity index (χ1n) is 12.7. The van der Waals surface area contributed by atoms with Crippen molar-refractivity contribution >= 4 is 11.6 Å². The summed E-state index contributed by atoms with van der Waals surface area (Å²) < 4.78 is 45.8. The monoisotopic (exact) mass is 538 g/mol. The maximum absolute atomic E-state index is 15.2. The molecule has 0 saturated carbocycles. The fraction of sp³-hybridized carbons (Fsp3) is 0.345. The molecule has 1 amide bonds. The van der Waals surface area contributed by atoms with Crippen LogP contribution in [0.2, 0.25) is 0 Å². The molecule has 0 bridgehead atoms. The molecule has 39 heavy (non-hydrogen) atoms. The molecule has 1 aromatic carbocycles. The molecular weight excluding hydrogens is 506 g/mol. The largest absolute Gasteiger partial charge is 0.496 e. The summed E-state index contributed by atoms with van der Waals surface area (Å²) in [5.41, 5.74) is 8.27. The lowest BCUT2D eigenvalue weighted by atomic mass is 9.81. The van der Waals surface area contributed by atoms with Crippen LogP contribution in [0.1, 0.15) is 48.2 Å². The van der Waals surface area contributed by atoms with Gasteiger partial charge in [-0.25, -0.2) is 13.8 Å². The molecule has 0 aliphatic heterocycles. The number of nitrogens with one attached hydrogen (secondary N) is 1. The van der Waals surface area contributed by atoms with E-state index >= 15 is 4.39 Å². The zero-order chi connectivity index (χ0) is 27.9. The number of ether oxygens (including phenoxy) is 3. The van der Waals surface area contributed by atoms with Gasteiger partial charge in [0.25, 0.3) is 5.91 Å². The van der Waals surface area contributed by atoms with Gasteiger partial charge >= 0.3 is 0 Å². The normalized spacial score (nSPS) is 16.9. The van der Waals surface area contributed by atoms with Crippen molar-refractivity contribution in [1.82, 2.24) is 9.97 Å². The Bertz CT molecular complexity index is 1370. The maximum atomic E-state index is 15.2. The molecule has 0 saturated heterocycles. The average Bonchev–Trinajstić information content (AvgIpc) is 2.93. The van der Waals surface area contributed by atoms with E-state index in [1.54, 1.807) is 12.4 Å². The second-order valence-electron chi connectivity index (χ2n) is 9.25. The molecule has 3 aromatic rings. The third kappa shape index (κ3) is 6.58. The molecule has 3 N–H and O–H groups in total. The van der Waals surface area contributed by atoms with Gasteiger partial charge in [-0.2, -0.15) is 0 Å². The molecular formula is C29H32F2N4O4. The first-order chi connectivity index (χ1) is 18.8. The van der Waals surface area contributed by atoms with E-state index in [0.29, 0.717) is 12.3 Å². The van der Waals surface area contributed by atoms with Gasteiger partial charge in [-0.05, 0) is 48.9 Å². The molecule has 1 aliphatic rings. The van der Waals surface area contributed by atoms with Crippen molar-refractivity contribution in [3.63, 3.8) is 0 Å². The predicted octanol–water partition coefficient (Wildman–Crippen LogP) is 5.25. The third-order valence-electron chi connectivity index (χ3n) is 6.63. The molecule has 8 nitrogen and oxygen atoms in total.